The summed E-state index contributed by atoms with van der Waals surface area (Å²) in [6, 6.07) is 18.9. The summed E-state index contributed by atoms with van der Waals surface area (Å²) >= 11 is 1.40. The number of aromatic amines is 1. The Balaban J connectivity index is 1.52. The normalized spacial score (nSPS) is 15.2. The molecule has 2 heterocycles. The maximum atomic E-state index is 12.8. The zero-order valence-corrected chi connectivity index (χ0v) is 16.9. The van der Waals surface area contributed by atoms with E-state index in [1.807, 2.05) is 36.4 Å². The molecule has 0 fully saturated rings. The van der Waals surface area contributed by atoms with Crippen molar-refractivity contribution in [3.8, 4) is 0 Å². The number of fused-ring (bicyclic) bond motifs is 1. The van der Waals surface area contributed by atoms with Crippen molar-refractivity contribution < 1.29 is 9.59 Å². The summed E-state index contributed by atoms with van der Waals surface area (Å²) in [5.41, 5.74) is 1.58. The van der Waals surface area contributed by atoms with Crippen molar-refractivity contribution in [2.24, 2.45) is 0 Å². The number of aromatic nitrogens is 2. The average molecular weight is 420 g/mol. The molecule has 0 bridgehead atoms. The predicted octanol–water partition coefficient (Wildman–Crippen LogP) is 3.17. The fourth-order valence-corrected chi connectivity index (χ4v) is 4.16. The molecule has 0 unspecified atom stereocenters. The van der Waals surface area contributed by atoms with Crippen LogP contribution in [0.2, 0.25) is 0 Å². The van der Waals surface area contributed by atoms with Crippen LogP contribution in [0.25, 0.3) is 0 Å². The summed E-state index contributed by atoms with van der Waals surface area (Å²) in [5, 5.41) is 5.81. The highest BCUT2D eigenvalue weighted by atomic mass is 32.2. The molecule has 0 radical (unpaired) electrons. The third-order valence-electron chi connectivity index (χ3n) is 4.76. The van der Waals surface area contributed by atoms with Gasteiger partial charge in [0.05, 0.1) is 11.5 Å². The molecule has 0 saturated carbocycles. The minimum absolute atomic E-state index is 0.100. The lowest BCUT2D eigenvalue weighted by atomic mass is 9.92. The van der Waals surface area contributed by atoms with Gasteiger partial charge in [0.1, 0.15) is 5.82 Å². The number of hydrogen-bond donors (Lipinski definition) is 3. The molecule has 0 saturated heterocycles. The van der Waals surface area contributed by atoms with E-state index in [4.69, 9.17) is 0 Å². The smallest absolute Gasteiger partial charge is 0.257 e. The molecule has 3 N–H and O–H groups in total. The summed E-state index contributed by atoms with van der Waals surface area (Å²) in [6.45, 7) is 0. The number of benzene rings is 2. The van der Waals surface area contributed by atoms with E-state index < -0.39 is 17.4 Å². The monoisotopic (exact) mass is 420 g/mol. The van der Waals surface area contributed by atoms with Crippen molar-refractivity contribution in [3.05, 3.63) is 82.1 Å². The van der Waals surface area contributed by atoms with E-state index in [2.05, 4.69) is 20.6 Å². The van der Waals surface area contributed by atoms with Crippen LogP contribution < -0.4 is 16.2 Å². The third kappa shape index (κ3) is 4.60. The van der Waals surface area contributed by atoms with Crippen LogP contribution in [0, 0.1) is 0 Å². The largest absolute Gasteiger partial charge is 0.326 e. The molecule has 7 nitrogen and oxygen atoms in total. The quantitative estimate of drug-likeness (QED) is 0.420. The number of para-hydroxylation sites is 1. The highest BCUT2D eigenvalue weighted by Gasteiger charge is 2.34. The molecule has 152 valence electrons. The first kappa shape index (κ1) is 19.9. The third-order valence-corrected chi connectivity index (χ3v) is 5.63. The second-order valence-electron chi connectivity index (χ2n) is 6.88. The van der Waals surface area contributed by atoms with Gasteiger partial charge < -0.3 is 15.6 Å². The summed E-state index contributed by atoms with van der Waals surface area (Å²) < 4.78 is 0. The van der Waals surface area contributed by atoms with E-state index in [-0.39, 0.29) is 23.7 Å². The molecule has 1 atom stereocenters. The Hall–Kier alpha value is -3.39. The second kappa shape index (κ2) is 8.96. The Morgan fingerprint density at radius 1 is 1.07 bits per heavy atom. The zero-order chi connectivity index (χ0) is 20.9. The van der Waals surface area contributed by atoms with E-state index in [1.54, 1.807) is 24.3 Å². The molecule has 2 amide bonds. The standard InChI is InChI=1S/C22H20N4O3S/c27-17-13-16(20(28)23-15-9-5-2-6-10-15)18-19(24-17)25-22(26-21(18)29)30-12-11-14-7-3-1-4-8-14/h1-10,16H,11-13H2,(H,23,28)(H2,24,25,26,27,29)/t16-/m0/s1. The number of rotatable bonds is 6. The van der Waals surface area contributed by atoms with E-state index >= 15 is 0 Å². The van der Waals surface area contributed by atoms with Crippen molar-refractivity contribution in [2.75, 3.05) is 16.4 Å². The molecule has 1 aromatic heterocycles. The number of H-pyrrole nitrogens is 1. The molecule has 30 heavy (non-hydrogen) atoms. The van der Waals surface area contributed by atoms with E-state index in [1.165, 1.54) is 17.3 Å². The lowest BCUT2D eigenvalue weighted by Crippen LogP contribution is -2.36. The molecule has 1 aliphatic rings. The van der Waals surface area contributed by atoms with Gasteiger partial charge in [0.15, 0.2) is 5.16 Å². The van der Waals surface area contributed by atoms with Crippen molar-refractivity contribution in [2.45, 2.75) is 23.9 Å². The lowest BCUT2D eigenvalue weighted by Gasteiger charge is -2.23. The van der Waals surface area contributed by atoms with Gasteiger partial charge in [0.2, 0.25) is 11.8 Å². The fourth-order valence-electron chi connectivity index (χ4n) is 3.30. The number of anilines is 2. The van der Waals surface area contributed by atoms with Crippen LogP contribution in [0.1, 0.15) is 23.5 Å². The van der Waals surface area contributed by atoms with Crippen LogP contribution in [0.3, 0.4) is 0 Å². The van der Waals surface area contributed by atoms with Gasteiger partial charge in [-0.1, -0.05) is 60.3 Å². The number of hydrogen-bond acceptors (Lipinski definition) is 5. The molecule has 0 spiro atoms. The van der Waals surface area contributed by atoms with Crippen LogP contribution >= 0.6 is 11.8 Å². The van der Waals surface area contributed by atoms with E-state index in [0.29, 0.717) is 10.8 Å². The molecule has 1 aliphatic heterocycles. The van der Waals surface area contributed by atoms with Gasteiger partial charge in [-0.25, -0.2) is 4.98 Å². The van der Waals surface area contributed by atoms with Crippen molar-refractivity contribution in [1.29, 1.82) is 0 Å². The first-order chi connectivity index (χ1) is 14.6. The number of aryl methyl sites for hydroxylation is 1. The number of amides is 2. The highest BCUT2D eigenvalue weighted by Crippen LogP contribution is 2.30. The Labute approximate surface area is 177 Å². The second-order valence-corrected chi connectivity index (χ2v) is 7.96. The maximum Gasteiger partial charge on any atom is 0.257 e. The number of nitrogens with one attached hydrogen (secondary N) is 3. The SMILES string of the molecule is O=C1C[C@H](C(=O)Nc2ccccc2)c2c(nc(SCCc3ccccc3)[nH]c2=O)N1. The Morgan fingerprint density at radius 3 is 2.50 bits per heavy atom. The van der Waals surface area contributed by atoms with E-state index in [0.717, 1.165) is 12.2 Å². The maximum absolute atomic E-state index is 12.8. The molecule has 0 aliphatic carbocycles. The predicted molar refractivity (Wildman–Crippen MR) is 117 cm³/mol. The molecule has 3 aromatic rings. The van der Waals surface area contributed by atoms with Crippen LogP contribution in [-0.2, 0) is 16.0 Å². The van der Waals surface area contributed by atoms with Gasteiger partial charge in [-0.2, -0.15) is 0 Å². The molecular formula is C22H20N4O3S. The Kier molecular flexibility index (Phi) is 5.94. The van der Waals surface area contributed by atoms with E-state index in [9.17, 15) is 14.4 Å². The number of thioether (sulfide) groups is 1. The van der Waals surface area contributed by atoms with Crippen LogP contribution in [0.5, 0.6) is 0 Å². The minimum Gasteiger partial charge on any atom is -0.326 e. The van der Waals surface area contributed by atoms with Crippen LogP contribution in [-0.4, -0.2) is 27.5 Å². The van der Waals surface area contributed by atoms with Gasteiger partial charge in [-0.3, -0.25) is 14.4 Å². The molecular weight excluding hydrogens is 400 g/mol. The van der Waals surface area contributed by atoms with Gasteiger partial charge in [0.25, 0.3) is 5.56 Å². The topological polar surface area (TPSA) is 104 Å². The molecule has 4 rings (SSSR count). The van der Waals surface area contributed by atoms with Gasteiger partial charge in [-0.15, -0.1) is 0 Å². The van der Waals surface area contributed by atoms with Gasteiger partial charge in [0, 0.05) is 17.9 Å². The Bertz CT molecular complexity index is 1120. The van der Waals surface area contributed by atoms with Gasteiger partial charge in [-0.05, 0) is 24.1 Å². The summed E-state index contributed by atoms with van der Waals surface area (Å²) in [6.07, 6.45) is 0.720. The summed E-state index contributed by atoms with van der Waals surface area (Å²) in [7, 11) is 0. The van der Waals surface area contributed by atoms with Crippen molar-refractivity contribution in [1.82, 2.24) is 9.97 Å². The minimum atomic E-state index is -0.895. The summed E-state index contributed by atoms with van der Waals surface area (Å²) in [4.78, 5) is 44.8. The molecule has 2 aromatic carbocycles. The van der Waals surface area contributed by atoms with Crippen LogP contribution in [0.15, 0.2) is 70.6 Å². The average Bonchev–Trinajstić information content (AvgIpc) is 2.74. The number of carbonyl (C=O) groups is 2. The van der Waals surface area contributed by atoms with Crippen molar-refractivity contribution >= 4 is 35.1 Å². The van der Waals surface area contributed by atoms with Crippen LogP contribution in [0.4, 0.5) is 11.5 Å². The lowest BCUT2D eigenvalue weighted by molar-refractivity contribution is -0.123. The zero-order valence-electron chi connectivity index (χ0n) is 16.1. The number of carbonyl (C=O) groups excluding carboxylic acids is 2. The molecule has 8 heteroatoms. The fraction of sp³-hybridized carbons (Fsp3) is 0.182. The Morgan fingerprint density at radius 2 is 1.77 bits per heavy atom. The number of nitrogens with zero attached hydrogens (tertiary/aromatic N) is 1. The van der Waals surface area contributed by atoms with Crippen molar-refractivity contribution in [3.63, 3.8) is 0 Å². The first-order valence-electron chi connectivity index (χ1n) is 9.57. The first-order valence-corrected chi connectivity index (χ1v) is 10.6. The summed E-state index contributed by atoms with van der Waals surface area (Å²) in [5.74, 6) is -0.764. The highest BCUT2D eigenvalue weighted by molar-refractivity contribution is 7.99. The van der Waals surface area contributed by atoms with Gasteiger partial charge >= 0.3 is 0 Å².